The van der Waals surface area contributed by atoms with Crippen LogP contribution in [0.4, 0.5) is 5.95 Å². The standard InChI is InChI=1S/C13H17ClN6O/c1-19(8-13(21)4-2-3-5-13)11-16-10(14)17-12(18-11)20-7-6-15-9-20/h6-7,9,21H,2-5,8H2,1H3. The Hall–Kier alpha value is -1.73. The van der Waals surface area contributed by atoms with Crippen LogP contribution in [0.5, 0.6) is 0 Å². The van der Waals surface area contributed by atoms with E-state index in [1.54, 1.807) is 23.3 Å². The second-order valence-electron chi connectivity index (χ2n) is 5.46. The highest BCUT2D eigenvalue weighted by molar-refractivity contribution is 6.28. The molecule has 21 heavy (non-hydrogen) atoms. The van der Waals surface area contributed by atoms with Crippen molar-refractivity contribution in [3.05, 3.63) is 24.0 Å². The lowest BCUT2D eigenvalue weighted by Crippen LogP contribution is -2.40. The van der Waals surface area contributed by atoms with Gasteiger partial charge in [0.05, 0.1) is 5.60 Å². The van der Waals surface area contributed by atoms with E-state index in [9.17, 15) is 5.11 Å². The van der Waals surface area contributed by atoms with Crippen molar-refractivity contribution >= 4 is 17.5 Å². The van der Waals surface area contributed by atoms with Crippen molar-refractivity contribution in [2.24, 2.45) is 0 Å². The monoisotopic (exact) mass is 308 g/mol. The lowest BCUT2D eigenvalue weighted by Gasteiger charge is -2.28. The first-order chi connectivity index (χ1) is 10.1. The number of hydrogen-bond donors (Lipinski definition) is 1. The Morgan fingerprint density at radius 2 is 2.10 bits per heavy atom. The summed E-state index contributed by atoms with van der Waals surface area (Å²) in [7, 11) is 1.85. The van der Waals surface area contributed by atoms with Crippen molar-refractivity contribution in [3.8, 4) is 5.95 Å². The Balaban J connectivity index is 1.84. The minimum absolute atomic E-state index is 0.119. The minimum Gasteiger partial charge on any atom is -0.388 e. The summed E-state index contributed by atoms with van der Waals surface area (Å²) < 4.78 is 1.66. The van der Waals surface area contributed by atoms with E-state index in [1.165, 1.54) is 0 Å². The van der Waals surface area contributed by atoms with Crippen molar-refractivity contribution < 1.29 is 5.11 Å². The fourth-order valence-corrected chi connectivity index (χ4v) is 2.85. The maximum Gasteiger partial charge on any atom is 0.241 e. The Bertz CT molecular complexity index is 611. The zero-order valence-corrected chi connectivity index (χ0v) is 12.5. The minimum atomic E-state index is -0.664. The largest absolute Gasteiger partial charge is 0.388 e. The number of nitrogens with zero attached hydrogens (tertiary/aromatic N) is 6. The molecule has 2 heterocycles. The van der Waals surface area contributed by atoms with Crippen molar-refractivity contribution in [3.63, 3.8) is 0 Å². The molecule has 0 amide bonds. The van der Waals surface area contributed by atoms with Crippen molar-refractivity contribution in [1.29, 1.82) is 0 Å². The normalized spacial score (nSPS) is 17.1. The molecule has 0 unspecified atom stereocenters. The molecule has 2 aromatic rings. The summed E-state index contributed by atoms with van der Waals surface area (Å²) in [5, 5.41) is 10.6. The van der Waals surface area contributed by atoms with Gasteiger partial charge in [-0.15, -0.1) is 0 Å². The number of hydrogen-bond acceptors (Lipinski definition) is 6. The summed E-state index contributed by atoms with van der Waals surface area (Å²) >= 11 is 5.98. The fourth-order valence-electron chi connectivity index (χ4n) is 2.70. The van der Waals surface area contributed by atoms with Gasteiger partial charge in [-0.2, -0.15) is 15.0 Å². The number of anilines is 1. The third kappa shape index (κ3) is 3.14. The predicted octanol–water partition coefficient (Wildman–Crippen LogP) is 1.45. The van der Waals surface area contributed by atoms with Crippen LogP contribution in [-0.2, 0) is 0 Å². The second-order valence-corrected chi connectivity index (χ2v) is 5.80. The van der Waals surface area contributed by atoms with Crippen LogP contribution in [0.2, 0.25) is 5.28 Å². The molecule has 0 saturated heterocycles. The topological polar surface area (TPSA) is 80.0 Å². The quantitative estimate of drug-likeness (QED) is 0.921. The van der Waals surface area contributed by atoms with Crippen LogP contribution in [0.25, 0.3) is 5.95 Å². The third-order valence-electron chi connectivity index (χ3n) is 3.73. The summed E-state index contributed by atoms with van der Waals surface area (Å²) in [5.41, 5.74) is -0.664. The van der Waals surface area contributed by atoms with E-state index in [-0.39, 0.29) is 5.28 Å². The van der Waals surface area contributed by atoms with Crippen LogP contribution in [-0.4, -0.2) is 48.8 Å². The van der Waals surface area contributed by atoms with Gasteiger partial charge in [-0.3, -0.25) is 4.57 Å². The van der Waals surface area contributed by atoms with Gasteiger partial charge in [0.1, 0.15) is 6.33 Å². The highest BCUT2D eigenvalue weighted by atomic mass is 35.5. The molecule has 0 bridgehead atoms. The predicted molar refractivity (Wildman–Crippen MR) is 78.6 cm³/mol. The van der Waals surface area contributed by atoms with Crippen LogP contribution in [0, 0.1) is 0 Å². The molecular formula is C13H17ClN6O. The van der Waals surface area contributed by atoms with E-state index in [2.05, 4.69) is 19.9 Å². The lowest BCUT2D eigenvalue weighted by molar-refractivity contribution is 0.0556. The molecule has 2 aromatic heterocycles. The molecular weight excluding hydrogens is 292 g/mol. The summed E-state index contributed by atoms with van der Waals surface area (Å²) in [4.78, 5) is 18.4. The Morgan fingerprint density at radius 3 is 2.76 bits per heavy atom. The molecule has 7 nitrogen and oxygen atoms in total. The number of aliphatic hydroxyl groups is 1. The number of rotatable bonds is 4. The number of likely N-dealkylation sites (N-methyl/N-ethyl adjacent to an activating group) is 1. The van der Waals surface area contributed by atoms with Gasteiger partial charge in [0, 0.05) is 26.0 Å². The molecule has 1 N–H and O–H groups in total. The maximum atomic E-state index is 10.5. The SMILES string of the molecule is CN(CC1(O)CCCC1)c1nc(Cl)nc(-n2ccnc2)n1. The first-order valence-electron chi connectivity index (χ1n) is 6.89. The Morgan fingerprint density at radius 1 is 1.33 bits per heavy atom. The van der Waals surface area contributed by atoms with Gasteiger partial charge < -0.3 is 10.0 Å². The molecule has 1 aliphatic carbocycles. The molecule has 8 heteroatoms. The summed E-state index contributed by atoms with van der Waals surface area (Å²) in [5.74, 6) is 0.854. The van der Waals surface area contributed by atoms with Crippen molar-refractivity contribution in [2.75, 3.05) is 18.5 Å². The van der Waals surface area contributed by atoms with Gasteiger partial charge >= 0.3 is 0 Å². The highest BCUT2D eigenvalue weighted by Gasteiger charge is 2.33. The van der Waals surface area contributed by atoms with Gasteiger partial charge in [-0.1, -0.05) is 12.8 Å². The van der Waals surface area contributed by atoms with Crippen LogP contribution < -0.4 is 4.90 Å². The number of imidazole rings is 1. The molecule has 3 rings (SSSR count). The first kappa shape index (κ1) is 14.2. The van der Waals surface area contributed by atoms with E-state index >= 15 is 0 Å². The van der Waals surface area contributed by atoms with Crippen molar-refractivity contribution in [1.82, 2.24) is 24.5 Å². The van der Waals surface area contributed by atoms with Gasteiger partial charge in [0.15, 0.2) is 0 Å². The molecule has 112 valence electrons. The molecule has 0 aromatic carbocycles. The Kier molecular flexibility index (Phi) is 3.77. The summed E-state index contributed by atoms with van der Waals surface area (Å²) in [6.07, 6.45) is 8.71. The number of halogens is 1. The first-order valence-corrected chi connectivity index (χ1v) is 7.27. The molecule has 1 aliphatic rings. The fraction of sp³-hybridized carbons (Fsp3) is 0.538. The average molecular weight is 309 g/mol. The van der Waals surface area contributed by atoms with E-state index in [4.69, 9.17) is 11.6 Å². The summed E-state index contributed by atoms with van der Waals surface area (Å²) in [6, 6.07) is 0. The van der Waals surface area contributed by atoms with Crippen LogP contribution in [0.15, 0.2) is 18.7 Å². The summed E-state index contributed by atoms with van der Waals surface area (Å²) in [6.45, 7) is 0.483. The zero-order chi connectivity index (χ0) is 14.9. The van der Waals surface area contributed by atoms with Gasteiger partial charge in [0.2, 0.25) is 17.2 Å². The zero-order valence-electron chi connectivity index (χ0n) is 11.8. The molecule has 1 saturated carbocycles. The van der Waals surface area contributed by atoms with Crippen LogP contribution in [0.1, 0.15) is 25.7 Å². The van der Waals surface area contributed by atoms with Crippen LogP contribution in [0.3, 0.4) is 0 Å². The second kappa shape index (κ2) is 5.57. The average Bonchev–Trinajstić information content (AvgIpc) is 3.09. The molecule has 0 aliphatic heterocycles. The van der Waals surface area contributed by atoms with E-state index in [0.29, 0.717) is 18.4 Å². The molecule has 0 spiro atoms. The van der Waals surface area contributed by atoms with Gasteiger partial charge in [-0.05, 0) is 24.4 Å². The number of aromatic nitrogens is 5. The van der Waals surface area contributed by atoms with E-state index in [0.717, 1.165) is 25.7 Å². The third-order valence-corrected chi connectivity index (χ3v) is 3.90. The van der Waals surface area contributed by atoms with Gasteiger partial charge in [-0.25, -0.2) is 4.98 Å². The Labute approximate surface area is 127 Å². The van der Waals surface area contributed by atoms with E-state index in [1.807, 2.05) is 11.9 Å². The molecule has 1 fully saturated rings. The van der Waals surface area contributed by atoms with Crippen LogP contribution >= 0.6 is 11.6 Å². The maximum absolute atomic E-state index is 10.5. The van der Waals surface area contributed by atoms with Crippen molar-refractivity contribution in [2.45, 2.75) is 31.3 Å². The smallest absolute Gasteiger partial charge is 0.241 e. The van der Waals surface area contributed by atoms with Gasteiger partial charge in [0.25, 0.3) is 0 Å². The van der Waals surface area contributed by atoms with E-state index < -0.39 is 5.60 Å². The molecule has 0 atom stereocenters. The lowest BCUT2D eigenvalue weighted by atomic mass is 10.0. The highest BCUT2D eigenvalue weighted by Crippen LogP contribution is 2.30. The molecule has 0 radical (unpaired) electrons.